The summed E-state index contributed by atoms with van der Waals surface area (Å²) in [5, 5.41) is 21.7. The van der Waals surface area contributed by atoms with Crippen molar-refractivity contribution in [2.45, 2.75) is 6.18 Å². The minimum atomic E-state index is -4.69. The van der Waals surface area contributed by atoms with Crippen molar-refractivity contribution >= 4 is 39.9 Å². The van der Waals surface area contributed by atoms with E-state index in [0.717, 1.165) is 39.1 Å². The maximum atomic E-state index is 13.5. The van der Waals surface area contributed by atoms with E-state index in [4.69, 9.17) is 0 Å². The van der Waals surface area contributed by atoms with Gasteiger partial charge in [0.15, 0.2) is 5.69 Å². The fourth-order valence-corrected chi connectivity index (χ4v) is 4.43. The molecule has 0 radical (unpaired) electrons. The van der Waals surface area contributed by atoms with E-state index in [0.29, 0.717) is 5.56 Å². The van der Waals surface area contributed by atoms with E-state index in [1.165, 1.54) is 23.6 Å². The van der Waals surface area contributed by atoms with Crippen LogP contribution in [0.2, 0.25) is 0 Å². The van der Waals surface area contributed by atoms with Crippen LogP contribution in [0.3, 0.4) is 0 Å². The van der Waals surface area contributed by atoms with E-state index in [1.807, 2.05) is 24.3 Å². The highest BCUT2D eigenvalue weighted by molar-refractivity contribution is 7.12. The van der Waals surface area contributed by atoms with Crippen molar-refractivity contribution in [3.05, 3.63) is 105 Å². The quantitative estimate of drug-likeness (QED) is 0.166. The molecule has 0 spiro atoms. The highest BCUT2D eigenvalue weighted by atomic mass is 32.1. The minimum Gasteiger partial charge on any atom is -0.266 e. The number of rotatable bonds is 6. The van der Waals surface area contributed by atoms with Crippen molar-refractivity contribution in [3.8, 4) is 16.4 Å². The number of nitrogens with zero attached hydrogens (tertiary/aromatic N) is 5. The Hall–Kier alpha value is -4.91. The Kier molecular flexibility index (Phi) is 6.43. The number of hydrogen-bond acceptors (Lipinski definition) is 7. The van der Waals surface area contributed by atoms with Crippen LogP contribution in [-0.4, -0.2) is 31.8 Å². The van der Waals surface area contributed by atoms with Gasteiger partial charge >= 0.3 is 6.18 Å². The molecule has 0 unspecified atom stereocenters. The number of nitrogens with one attached hydrogen (secondary N) is 1. The largest absolute Gasteiger partial charge is 0.435 e. The van der Waals surface area contributed by atoms with Crippen LogP contribution in [0.1, 0.15) is 21.7 Å². The summed E-state index contributed by atoms with van der Waals surface area (Å²) < 4.78 is 41.7. The van der Waals surface area contributed by atoms with E-state index < -0.39 is 22.7 Å². The Balaban J connectivity index is 1.44. The van der Waals surface area contributed by atoms with Crippen molar-refractivity contribution in [1.29, 1.82) is 0 Å². The number of thiazole rings is 1. The van der Waals surface area contributed by atoms with Crippen LogP contribution in [-0.2, 0) is 6.18 Å². The number of para-hydroxylation sites is 1. The molecule has 1 amide bonds. The van der Waals surface area contributed by atoms with Gasteiger partial charge in [0.05, 0.1) is 22.4 Å². The fourth-order valence-electron chi connectivity index (χ4n) is 3.67. The van der Waals surface area contributed by atoms with E-state index in [-0.39, 0.29) is 27.8 Å². The average Bonchev–Trinajstić information content (AvgIpc) is 3.56. The number of fused-ring (bicyclic) bond motifs is 1. The predicted molar refractivity (Wildman–Crippen MR) is 135 cm³/mol. The first kappa shape index (κ1) is 24.8. The van der Waals surface area contributed by atoms with E-state index in [1.54, 1.807) is 24.3 Å². The molecule has 2 heterocycles. The number of halogens is 3. The first-order chi connectivity index (χ1) is 18.2. The molecule has 0 aliphatic heterocycles. The third-order valence-corrected chi connectivity index (χ3v) is 6.27. The molecule has 0 aliphatic carbocycles. The molecule has 190 valence electrons. The number of hydrogen-bond donors (Lipinski definition) is 1. The topological polar surface area (TPSA) is 115 Å². The van der Waals surface area contributed by atoms with E-state index >= 15 is 0 Å². The molecule has 0 aliphatic rings. The standard InChI is InChI=1S/C25H15F3N6O3S/c26-25(27,28)22-12-21(17-10-9-15-5-1-2-6-16(15)11-17)33(32-22)24-30-19(14-38-24)23(35)31-29-13-18-7-3-4-8-20(18)34(36)37/h1-14H,(H,31,35)/b29-13+. The SMILES string of the molecule is O=C(N/N=C/c1ccccc1[N+](=O)[O-])c1csc(-n2nc(C(F)(F)F)cc2-c2ccc3ccccc3c2)n1. The van der Waals surface area contributed by atoms with Crippen molar-refractivity contribution in [1.82, 2.24) is 20.2 Å². The minimum absolute atomic E-state index is 0.0384. The van der Waals surface area contributed by atoms with Gasteiger partial charge in [-0.15, -0.1) is 11.3 Å². The number of nitro groups is 1. The average molecular weight is 536 g/mol. The number of benzene rings is 3. The molecule has 0 saturated heterocycles. The number of carbonyl (C=O) groups excluding carboxylic acids is 1. The summed E-state index contributed by atoms with van der Waals surface area (Å²) in [6, 6.07) is 19.4. The number of hydrazone groups is 1. The molecular weight excluding hydrogens is 521 g/mol. The molecular formula is C25H15F3N6O3S. The van der Waals surface area contributed by atoms with Gasteiger partial charge in [0.1, 0.15) is 5.69 Å². The van der Waals surface area contributed by atoms with Crippen LogP contribution in [0.25, 0.3) is 27.2 Å². The maximum absolute atomic E-state index is 13.5. The normalized spacial score (nSPS) is 11.8. The van der Waals surface area contributed by atoms with Gasteiger partial charge < -0.3 is 0 Å². The number of carbonyl (C=O) groups is 1. The van der Waals surface area contributed by atoms with Crippen molar-refractivity contribution in [3.63, 3.8) is 0 Å². The van der Waals surface area contributed by atoms with Gasteiger partial charge in [0.25, 0.3) is 11.6 Å². The second-order valence-corrected chi connectivity index (χ2v) is 8.75. The summed E-state index contributed by atoms with van der Waals surface area (Å²) in [5.41, 5.74) is 1.62. The highest BCUT2D eigenvalue weighted by Crippen LogP contribution is 2.34. The lowest BCUT2D eigenvalue weighted by Crippen LogP contribution is -2.18. The zero-order chi connectivity index (χ0) is 26.9. The van der Waals surface area contributed by atoms with Gasteiger partial charge in [-0.25, -0.2) is 15.1 Å². The fraction of sp³-hybridized carbons (Fsp3) is 0.0400. The molecule has 3 aromatic carbocycles. The first-order valence-electron chi connectivity index (χ1n) is 10.9. The number of alkyl halides is 3. The molecule has 38 heavy (non-hydrogen) atoms. The molecule has 5 aromatic rings. The first-order valence-corrected chi connectivity index (χ1v) is 11.8. The summed E-state index contributed by atoms with van der Waals surface area (Å²) in [4.78, 5) is 27.2. The zero-order valence-electron chi connectivity index (χ0n) is 19.1. The van der Waals surface area contributed by atoms with Gasteiger partial charge in [0.2, 0.25) is 5.13 Å². The lowest BCUT2D eigenvalue weighted by Gasteiger charge is -2.06. The molecule has 5 rings (SSSR count). The second kappa shape index (κ2) is 9.86. The van der Waals surface area contributed by atoms with Crippen LogP contribution >= 0.6 is 11.3 Å². The van der Waals surface area contributed by atoms with Crippen molar-refractivity contribution in [2.24, 2.45) is 5.10 Å². The summed E-state index contributed by atoms with van der Waals surface area (Å²) in [7, 11) is 0. The van der Waals surface area contributed by atoms with Crippen LogP contribution in [0.5, 0.6) is 0 Å². The molecule has 13 heteroatoms. The monoisotopic (exact) mass is 536 g/mol. The second-order valence-electron chi connectivity index (χ2n) is 7.92. The highest BCUT2D eigenvalue weighted by Gasteiger charge is 2.35. The summed E-state index contributed by atoms with van der Waals surface area (Å²) in [6.07, 6.45) is -3.58. The van der Waals surface area contributed by atoms with Crippen LogP contribution in [0, 0.1) is 10.1 Å². The Morgan fingerprint density at radius 2 is 1.79 bits per heavy atom. The molecule has 0 fully saturated rings. The molecule has 9 nitrogen and oxygen atoms in total. The molecule has 2 aromatic heterocycles. The third kappa shape index (κ3) is 4.99. The molecule has 1 N–H and O–H groups in total. The van der Waals surface area contributed by atoms with E-state index in [9.17, 15) is 28.1 Å². The Morgan fingerprint density at radius 1 is 1.05 bits per heavy atom. The Labute approximate surface area is 216 Å². The summed E-state index contributed by atoms with van der Waals surface area (Å²) >= 11 is 0.924. The van der Waals surface area contributed by atoms with Crippen molar-refractivity contribution < 1.29 is 22.9 Å². The number of aromatic nitrogens is 3. The molecule has 0 bridgehead atoms. The van der Waals surface area contributed by atoms with Gasteiger partial charge in [-0.2, -0.15) is 23.4 Å². The lowest BCUT2D eigenvalue weighted by molar-refractivity contribution is -0.385. The van der Waals surface area contributed by atoms with Crippen LogP contribution in [0.15, 0.2) is 83.3 Å². The van der Waals surface area contributed by atoms with Crippen molar-refractivity contribution in [2.75, 3.05) is 0 Å². The zero-order valence-corrected chi connectivity index (χ0v) is 19.9. The van der Waals surface area contributed by atoms with Crippen LogP contribution in [0.4, 0.5) is 18.9 Å². The van der Waals surface area contributed by atoms with Gasteiger partial charge in [0, 0.05) is 17.0 Å². The maximum Gasteiger partial charge on any atom is 0.435 e. The van der Waals surface area contributed by atoms with E-state index in [2.05, 4.69) is 20.6 Å². The number of amides is 1. The van der Waals surface area contributed by atoms with Gasteiger partial charge in [-0.05, 0) is 29.0 Å². The summed E-state index contributed by atoms with van der Waals surface area (Å²) in [5.74, 6) is -0.752. The number of nitro benzene ring substituents is 1. The van der Waals surface area contributed by atoms with Gasteiger partial charge in [-0.3, -0.25) is 14.9 Å². The van der Waals surface area contributed by atoms with Gasteiger partial charge in [-0.1, -0.05) is 48.5 Å². The van der Waals surface area contributed by atoms with Crippen LogP contribution < -0.4 is 5.43 Å². The summed E-state index contributed by atoms with van der Waals surface area (Å²) in [6.45, 7) is 0. The third-order valence-electron chi connectivity index (χ3n) is 5.45. The molecule has 0 saturated carbocycles. The predicted octanol–water partition coefficient (Wildman–Crippen LogP) is 5.84. The smallest absolute Gasteiger partial charge is 0.266 e. The Morgan fingerprint density at radius 3 is 2.55 bits per heavy atom. The Bertz CT molecular complexity index is 1710. The molecule has 0 atom stereocenters. The lowest BCUT2D eigenvalue weighted by atomic mass is 10.0.